The van der Waals surface area contributed by atoms with Gasteiger partial charge >= 0.3 is 0 Å². The van der Waals surface area contributed by atoms with E-state index in [0.717, 1.165) is 47.5 Å². The largest absolute Gasteiger partial charge is 0.346 e. The first-order valence-electron chi connectivity index (χ1n) is 7.07. The summed E-state index contributed by atoms with van der Waals surface area (Å²) in [4.78, 5) is 8.37. The van der Waals surface area contributed by atoms with Crippen LogP contribution < -0.4 is 10.2 Å². The zero-order valence-corrected chi connectivity index (χ0v) is 13.7. The molecule has 1 N–H and O–H groups in total. The summed E-state index contributed by atoms with van der Waals surface area (Å²) in [6.45, 7) is 2.50. The van der Waals surface area contributed by atoms with Crippen LogP contribution in [0.4, 0.5) is 5.13 Å². The van der Waals surface area contributed by atoms with Crippen LogP contribution in [0.5, 0.6) is 0 Å². The second-order valence-electron chi connectivity index (χ2n) is 5.00. The van der Waals surface area contributed by atoms with E-state index in [0.29, 0.717) is 0 Å². The SMILES string of the molecule is CNCc1sc(N2CCS(=O)CC2)nc1-c1ccccc1. The minimum Gasteiger partial charge on any atom is -0.346 e. The highest BCUT2D eigenvalue weighted by atomic mass is 32.2. The molecule has 0 aliphatic carbocycles. The van der Waals surface area contributed by atoms with Gasteiger partial charge in [-0.15, -0.1) is 0 Å². The monoisotopic (exact) mass is 321 g/mol. The van der Waals surface area contributed by atoms with E-state index >= 15 is 0 Å². The quantitative estimate of drug-likeness (QED) is 0.937. The molecule has 0 spiro atoms. The molecule has 4 nitrogen and oxygen atoms in total. The molecule has 0 atom stereocenters. The fourth-order valence-corrected chi connectivity index (χ4v) is 4.60. The lowest BCUT2D eigenvalue weighted by molar-refractivity contribution is 0.673. The van der Waals surface area contributed by atoms with E-state index in [1.54, 1.807) is 11.3 Å². The van der Waals surface area contributed by atoms with Crippen LogP contribution in [0.2, 0.25) is 0 Å². The Morgan fingerprint density at radius 1 is 1.29 bits per heavy atom. The molecule has 6 heteroatoms. The van der Waals surface area contributed by atoms with Gasteiger partial charge in [0.15, 0.2) is 5.13 Å². The minimum atomic E-state index is -0.650. The molecule has 0 unspecified atom stereocenters. The van der Waals surface area contributed by atoms with Crippen molar-refractivity contribution in [3.63, 3.8) is 0 Å². The molecule has 112 valence electrons. The van der Waals surface area contributed by atoms with Crippen molar-refractivity contribution in [2.24, 2.45) is 0 Å². The number of nitrogens with zero attached hydrogens (tertiary/aromatic N) is 2. The number of thiazole rings is 1. The lowest BCUT2D eigenvalue weighted by Crippen LogP contribution is -2.37. The van der Waals surface area contributed by atoms with E-state index in [9.17, 15) is 4.21 Å². The van der Waals surface area contributed by atoms with Gasteiger partial charge in [-0.25, -0.2) is 4.98 Å². The summed E-state index contributed by atoms with van der Waals surface area (Å²) in [6.07, 6.45) is 0. The van der Waals surface area contributed by atoms with E-state index in [1.807, 2.05) is 25.2 Å². The van der Waals surface area contributed by atoms with E-state index in [2.05, 4.69) is 22.3 Å². The second kappa shape index (κ2) is 6.68. The van der Waals surface area contributed by atoms with Gasteiger partial charge in [0, 0.05) is 52.4 Å². The lowest BCUT2D eigenvalue weighted by atomic mass is 10.1. The van der Waals surface area contributed by atoms with Gasteiger partial charge < -0.3 is 10.2 Å². The first-order chi connectivity index (χ1) is 10.3. The van der Waals surface area contributed by atoms with Crippen molar-refractivity contribution >= 4 is 27.3 Å². The van der Waals surface area contributed by atoms with Crippen LogP contribution >= 0.6 is 11.3 Å². The van der Waals surface area contributed by atoms with Crippen molar-refractivity contribution in [3.05, 3.63) is 35.2 Å². The fraction of sp³-hybridized carbons (Fsp3) is 0.400. The van der Waals surface area contributed by atoms with Crippen molar-refractivity contribution in [1.82, 2.24) is 10.3 Å². The molecule has 1 aromatic heterocycles. The van der Waals surface area contributed by atoms with Crippen molar-refractivity contribution in [2.75, 3.05) is 36.5 Å². The molecular formula is C15H19N3OS2. The lowest BCUT2D eigenvalue weighted by Gasteiger charge is -2.25. The predicted molar refractivity (Wildman–Crippen MR) is 90.4 cm³/mol. The smallest absolute Gasteiger partial charge is 0.186 e. The summed E-state index contributed by atoms with van der Waals surface area (Å²) in [7, 11) is 1.31. The summed E-state index contributed by atoms with van der Waals surface area (Å²) >= 11 is 1.74. The second-order valence-corrected chi connectivity index (χ2v) is 7.76. The highest BCUT2D eigenvalue weighted by Gasteiger charge is 2.21. The Labute approximate surface area is 131 Å². The maximum atomic E-state index is 11.5. The first-order valence-corrected chi connectivity index (χ1v) is 9.38. The van der Waals surface area contributed by atoms with Crippen LogP contribution in [0.15, 0.2) is 30.3 Å². The third kappa shape index (κ3) is 3.33. The predicted octanol–water partition coefficient (Wildman–Crippen LogP) is 2.10. The van der Waals surface area contributed by atoms with Crippen molar-refractivity contribution in [1.29, 1.82) is 0 Å². The van der Waals surface area contributed by atoms with Gasteiger partial charge in [0.1, 0.15) is 0 Å². The number of benzene rings is 1. The van der Waals surface area contributed by atoms with Crippen molar-refractivity contribution in [3.8, 4) is 11.3 Å². The molecule has 1 aliphatic heterocycles. The van der Waals surface area contributed by atoms with Crippen molar-refractivity contribution < 1.29 is 4.21 Å². The van der Waals surface area contributed by atoms with E-state index < -0.39 is 10.8 Å². The third-order valence-electron chi connectivity index (χ3n) is 3.52. The highest BCUT2D eigenvalue weighted by molar-refractivity contribution is 7.85. The molecule has 1 saturated heterocycles. The summed E-state index contributed by atoms with van der Waals surface area (Å²) in [5.41, 5.74) is 2.22. The molecule has 0 amide bonds. The molecular weight excluding hydrogens is 302 g/mol. The molecule has 1 aliphatic rings. The average Bonchev–Trinajstić information content (AvgIpc) is 2.93. The summed E-state index contributed by atoms with van der Waals surface area (Å²) in [5, 5.41) is 4.27. The molecule has 3 rings (SSSR count). The maximum absolute atomic E-state index is 11.5. The highest BCUT2D eigenvalue weighted by Crippen LogP contribution is 2.33. The molecule has 2 aromatic rings. The fourth-order valence-electron chi connectivity index (χ4n) is 2.41. The van der Waals surface area contributed by atoms with Gasteiger partial charge in [-0.2, -0.15) is 0 Å². The number of aromatic nitrogens is 1. The van der Waals surface area contributed by atoms with E-state index in [-0.39, 0.29) is 0 Å². The Balaban J connectivity index is 1.91. The van der Waals surface area contributed by atoms with Gasteiger partial charge in [0.25, 0.3) is 0 Å². The number of rotatable bonds is 4. The Kier molecular flexibility index (Phi) is 4.67. The number of nitrogens with one attached hydrogen (secondary N) is 1. The normalized spacial score (nSPS) is 16.3. The average molecular weight is 321 g/mol. The molecule has 21 heavy (non-hydrogen) atoms. The summed E-state index contributed by atoms with van der Waals surface area (Å²) in [5.74, 6) is 1.50. The Morgan fingerprint density at radius 2 is 2.00 bits per heavy atom. The van der Waals surface area contributed by atoms with Gasteiger partial charge in [-0.3, -0.25) is 4.21 Å². The molecule has 2 heterocycles. The standard InChI is InChI=1S/C15H19N3OS2/c1-16-11-13-14(12-5-3-2-4-6-12)17-15(20-13)18-7-9-21(19)10-8-18/h2-6,16H,7-11H2,1H3. The van der Waals surface area contributed by atoms with Crippen LogP contribution in [-0.2, 0) is 17.3 Å². The van der Waals surface area contributed by atoms with E-state index in [4.69, 9.17) is 4.98 Å². The van der Waals surface area contributed by atoms with Gasteiger partial charge in [0.05, 0.1) is 5.69 Å². The van der Waals surface area contributed by atoms with Crippen LogP contribution in [0.25, 0.3) is 11.3 Å². The minimum absolute atomic E-state index is 0.650. The van der Waals surface area contributed by atoms with Gasteiger partial charge in [-0.05, 0) is 7.05 Å². The van der Waals surface area contributed by atoms with E-state index in [1.165, 1.54) is 4.88 Å². The molecule has 0 saturated carbocycles. The third-order valence-corrected chi connectivity index (χ3v) is 5.91. The Hall–Kier alpha value is -1.24. The molecule has 1 aromatic carbocycles. The van der Waals surface area contributed by atoms with Crippen LogP contribution in [0, 0.1) is 0 Å². The number of hydrogen-bond donors (Lipinski definition) is 1. The van der Waals surface area contributed by atoms with Crippen LogP contribution in [0.1, 0.15) is 4.88 Å². The zero-order chi connectivity index (χ0) is 14.7. The van der Waals surface area contributed by atoms with Crippen molar-refractivity contribution in [2.45, 2.75) is 6.54 Å². The first kappa shape index (κ1) is 14.7. The zero-order valence-electron chi connectivity index (χ0n) is 12.0. The Morgan fingerprint density at radius 3 is 2.67 bits per heavy atom. The molecule has 0 bridgehead atoms. The topological polar surface area (TPSA) is 45.2 Å². The number of hydrogen-bond acceptors (Lipinski definition) is 5. The summed E-state index contributed by atoms with van der Waals surface area (Å²) < 4.78 is 11.5. The number of anilines is 1. The summed E-state index contributed by atoms with van der Waals surface area (Å²) in [6, 6.07) is 10.3. The Bertz CT molecular complexity index is 617. The van der Waals surface area contributed by atoms with Gasteiger partial charge in [0.2, 0.25) is 0 Å². The molecule has 1 fully saturated rings. The molecule has 0 radical (unpaired) electrons. The van der Waals surface area contributed by atoms with Crippen LogP contribution in [0.3, 0.4) is 0 Å². The maximum Gasteiger partial charge on any atom is 0.186 e. The van der Waals surface area contributed by atoms with Crippen LogP contribution in [-0.4, -0.2) is 40.8 Å². The van der Waals surface area contributed by atoms with Gasteiger partial charge in [-0.1, -0.05) is 41.7 Å².